The van der Waals surface area contributed by atoms with Crippen molar-refractivity contribution in [2.75, 3.05) is 13.2 Å². The number of ether oxygens (including phenoxy) is 2. The quantitative estimate of drug-likeness (QED) is 0.0473. The molecule has 8 N–H and O–H groups in total. The average molecular weight is 1130 g/mol. The number of aromatic carboxylic acids is 1. The molecule has 412 valence electrons. The monoisotopic (exact) mass is 1120 g/mol. The van der Waals surface area contributed by atoms with Crippen molar-refractivity contribution in [2.24, 2.45) is 31.3 Å². The van der Waals surface area contributed by atoms with Crippen molar-refractivity contribution in [3.05, 3.63) is 82.4 Å². The lowest BCUT2D eigenvalue weighted by Gasteiger charge is -2.26. The van der Waals surface area contributed by atoms with Crippen LogP contribution in [0.3, 0.4) is 0 Å². The van der Waals surface area contributed by atoms with Gasteiger partial charge in [-0.15, -0.1) is 0 Å². The van der Waals surface area contributed by atoms with Gasteiger partial charge in [-0.1, -0.05) is 62.5 Å². The molecule has 2 aromatic carbocycles. The summed E-state index contributed by atoms with van der Waals surface area (Å²) in [5.41, 5.74) is 24.0. The van der Waals surface area contributed by atoms with Crippen molar-refractivity contribution in [3.63, 3.8) is 0 Å². The molecule has 77 heavy (non-hydrogen) atoms. The molecule has 10 rings (SSSR count). The summed E-state index contributed by atoms with van der Waals surface area (Å²) in [6, 6.07) is 14.4. The molecule has 6 aromatic heterocycles. The minimum absolute atomic E-state index is 0.0847. The third-order valence-electron chi connectivity index (χ3n) is 14.1. The number of rotatable bonds is 15. The summed E-state index contributed by atoms with van der Waals surface area (Å²) in [7, 11) is 1.28. The molecule has 0 bridgehead atoms. The highest BCUT2D eigenvalue weighted by molar-refractivity contribution is 6.76. The number of carbonyl (C=O) groups is 2. The molecule has 1 amide bonds. The maximum atomic E-state index is 13.5. The topological polar surface area (TPSA) is 260 Å². The number of hydrogen-bond acceptors (Lipinski definition) is 13. The Hall–Kier alpha value is -5.63. The Morgan fingerprint density at radius 3 is 1.47 bits per heavy atom. The number of aromatic nitrogens is 10. The van der Waals surface area contributed by atoms with Crippen LogP contribution in [0.15, 0.2) is 61.2 Å². The number of fused-ring (bicyclic) bond motifs is 4. The van der Waals surface area contributed by atoms with E-state index in [-0.39, 0.29) is 30.3 Å². The molecule has 0 saturated heterocycles. The Labute approximate surface area is 461 Å². The Morgan fingerprint density at radius 1 is 0.649 bits per heavy atom. The molecule has 2 saturated carbocycles. The van der Waals surface area contributed by atoms with Crippen LogP contribution in [0, 0.1) is 0 Å². The second kappa shape index (κ2) is 24.6. The number of carboxylic acid groups (broad SMARTS) is 1. The third-order valence-corrected chi connectivity index (χ3v) is 18.0. The minimum atomic E-state index is -1.21. The summed E-state index contributed by atoms with van der Waals surface area (Å²) in [5.74, 6) is -1.21. The maximum Gasteiger partial charge on any atom is 0.339 e. The molecule has 2 aliphatic carbocycles. The van der Waals surface area contributed by atoms with Crippen LogP contribution < -0.4 is 22.5 Å². The van der Waals surface area contributed by atoms with Gasteiger partial charge in [0.25, 0.3) is 5.91 Å². The first-order valence-corrected chi connectivity index (χ1v) is 34.6. The number of carbonyl (C=O) groups excluding carboxylic acids is 1. The number of nitrogens with one attached hydrogen (secondary N) is 1. The molecule has 6 heterocycles. The smallest absolute Gasteiger partial charge is 0.339 e. The van der Waals surface area contributed by atoms with Crippen molar-refractivity contribution >= 4 is 95.4 Å². The van der Waals surface area contributed by atoms with Gasteiger partial charge in [0.1, 0.15) is 52.8 Å². The highest BCUT2D eigenvalue weighted by atomic mass is 35.5. The van der Waals surface area contributed by atoms with E-state index in [1.807, 2.05) is 55.2 Å². The van der Waals surface area contributed by atoms with Crippen molar-refractivity contribution in [2.45, 2.75) is 140 Å². The van der Waals surface area contributed by atoms with E-state index in [0.29, 0.717) is 92.7 Å². The van der Waals surface area contributed by atoms with Crippen LogP contribution in [0.1, 0.15) is 72.1 Å². The predicted molar refractivity (Wildman–Crippen MR) is 312 cm³/mol. The van der Waals surface area contributed by atoms with Gasteiger partial charge in [-0.3, -0.25) is 14.2 Å². The van der Waals surface area contributed by atoms with E-state index in [1.165, 1.54) is 6.20 Å². The first-order valence-electron chi connectivity index (χ1n) is 26.5. The number of carboxylic acids is 1. The highest BCUT2D eigenvalue weighted by Crippen LogP contribution is 2.32. The van der Waals surface area contributed by atoms with Crippen molar-refractivity contribution in [1.29, 1.82) is 0 Å². The Balaban J connectivity index is 0.000000180. The lowest BCUT2D eigenvalue weighted by molar-refractivity contribution is 0.0695. The van der Waals surface area contributed by atoms with Crippen molar-refractivity contribution < 1.29 is 24.2 Å². The summed E-state index contributed by atoms with van der Waals surface area (Å²) in [6.45, 7) is 15.7. The van der Waals surface area contributed by atoms with E-state index < -0.39 is 22.1 Å². The van der Waals surface area contributed by atoms with Gasteiger partial charge in [-0.2, -0.15) is 10.2 Å². The van der Waals surface area contributed by atoms with Crippen molar-refractivity contribution in [3.8, 4) is 22.8 Å². The lowest BCUT2D eigenvalue weighted by atomic mass is 9.92. The Kier molecular flexibility index (Phi) is 18.4. The SMILES string of the molecule is Cn1nc(-c2cnc3c(n2)c(C(=O)NC2CCC(N)CC2)cn3COCC[Si](C)(C)C)c2ccc(Cl)cc21.Cn1nc(-c2cnc3c(n2)c(C(=O)O)cn3COCC[Si](C)(C)C)c2ccc(Cl)cc21.NC1CCC(N)CC1. The molecule has 23 heteroatoms. The summed E-state index contributed by atoms with van der Waals surface area (Å²) in [5, 5.41) is 25.2. The van der Waals surface area contributed by atoms with Crippen molar-refractivity contribution in [1.82, 2.24) is 53.9 Å². The number of nitrogens with two attached hydrogens (primary N) is 3. The fourth-order valence-corrected chi connectivity index (χ4v) is 11.3. The number of benzene rings is 2. The number of aryl methyl sites for hydroxylation is 2. The van der Waals surface area contributed by atoms with Crippen LogP contribution in [0.4, 0.5) is 0 Å². The van der Waals surface area contributed by atoms with E-state index in [4.69, 9.17) is 59.8 Å². The summed E-state index contributed by atoms with van der Waals surface area (Å²) in [4.78, 5) is 44.1. The zero-order valence-corrected chi connectivity index (χ0v) is 49.0. The molecular weight excluding hydrogens is 1050 g/mol. The number of nitrogens with zero attached hydrogens (tertiary/aromatic N) is 10. The molecule has 0 aliphatic heterocycles. The summed E-state index contributed by atoms with van der Waals surface area (Å²) < 4.78 is 18.9. The Bertz CT molecular complexity index is 3360. The van der Waals surface area contributed by atoms with E-state index in [2.05, 4.69) is 64.8 Å². The summed E-state index contributed by atoms with van der Waals surface area (Å²) in [6.07, 6.45) is 14.8. The van der Waals surface area contributed by atoms with Crippen LogP contribution in [-0.4, -0.2) is 119 Å². The first kappa shape index (κ1) is 57.5. The molecular formula is C54H74Cl2N14O5Si2. The lowest BCUT2D eigenvalue weighted by Crippen LogP contribution is -2.40. The normalized spacial score (nSPS) is 18.1. The molecule has 0 atom stereocenters. The van der Waals surface area contributed by atoms with E-state index in [1.54, 1.807) is 32.4 Å². The Morgan fingerprint density at radius 2 is 1.05 bits per heavy atom. The van der Waals surface area contributed by atoms with Gasteiger partial charge in [0.15, 0.2) is 11.3 Å². The molecule has 2 aliphatic rings. The number of halogens is 2. The minimum Gasteiger partial charge on any atom is -0.478 e. The van der Waals surface area contributed by atoms with Crippen LogP contribution in [0.2, 0.25) is 61.4 Å². The fourth-order valence-electron chi connectivity index (χ4n) is 9.44. The van der Waals surface area contributed by atoms with Gasteiger partial charge in [0, 0.05) is 101 Å². The zero-order valence-electron chi connectivity index (χ0n) is 45.5. The molecule has 2 fully saturated rings. The molecule has 0 radical (unpaired) electrons. The molecule has 0 spiro atoms. The van der Waals surface area contributed by atoms with Gasteiger partial charge < -0.3 is 46.2 Å². The largest absolute Gasteiger partial charge is 0.478 e. The number of amides is 1. The molecule has 19 nitrogen and oxygen atoms in total. The average Bonchev–Trinajstić information content (AvgIpc) is 4.13. The van der Waals surface area contributed by atoms with E-state index >= 15 is 0 Å². The maximum absolute atomic E-state index is 13.5. The van der Waals surface area contributed by atoms with Crippen LogP contribution in [0.25, 0.3) is 66.9 Å². The van der Waals surface area contributed by atoms with Crippen LogP contribution >= 0.6 is 23.2 Å². The van der Waals surface area contributed by atoms with Gasteiger partial charge in [0.2, 0.25) is 0 Å². The fraction of sp³-hybridized carbons (Fsp3) is 0.481. The first-order chi connectivity index (χ1) is 36.5. The van der Waals surface area contributed by atoms with Crippen LogP contribution in [-0.2, 0) is 37.0 Å². The standard InChI is InChI=1S/C27H36ClN7O2Si.C21H24ClN5O3Si.C6H14N2/c1-34-23-13-17(28)5-10-20(23)24(33-34)22-14-30-26-25(32-22)21(15-35(26)16-37-11-12-38(2,3)4)27(36)31-19-8-6-18(29)7-9-19;1-26-17-9-13(22)5-6-14(17)18(25-26)16-10-23-20-19(24-16)15(21(28)29)11-27(20)12-30-7-8-31(2,3)4;7-5-1-2-6(8)4-3-5/h5,10,13-15,18-19H,6-9,11-12,16,29H2,1-4H3,(H,31,36);5-6,9-11H,7-8,12H2,1-4H3,(H,28,29);5-6H,1-4,7-8H2. The third kappa shape index (κ3) is 14.5. The summed E-state index contributed by atoms with van der Waals surface area (Å²) >= 11 is 12.3. The molecule has 0 unspecified atom stereocenters. The predicted octanol–water partition coefficient (Wildman–Crippen LogP) is 9.81. The van der Waals surface area contributed by atoms with E-state index in [9.17, 15) is 14.7 Å². The number of hydrogen-bond donors (Lipinski definition) is 5. The van der Waals surface area contributed by atoms with Gasteiger partial charge >= 0.3 is 5.97 Å². The highest BCUT2D eigenvalue weighted by Gasteiger charge is 2.26. The van der Waals surface area contributed by atoms with Gasteiger partial charge in [-0.25, -0.2) is 24.7 Å². The van der Waals surface area contributed by atoms with Gasteiger partial charge in [0.05, 0.1) is 29.0 Å². The zero-order chi connectivity index (χ0) is 55.3. The van der Waals surface area contributed by atoms with Crippen LogP contribution in [0.5, 0.6) is 0 Å². The second-order valence-corrected chi connectivity index (χ2v) is 35.0. The second-order valence-electron chi connectivity index (χ2n) is 22.9. The van der Waals surface area contributed by atoms with Gasteiger partial charge in [-0.05, 0) is 99.9 Å². The van der Waals surface area contributed by atoms with E-state index in [0.717, 1.165) is 85.3 Å². The molecule has 8 aromatic rings.